The molecule has 2 rings (SSSR count). The molecule has 0 saturated carbocycles. The van der Waals surface area contributed by atoms with Gasteiger partial charge in [-0.05, 0) is 6.07 Å². The number of nitrogens with zero attached hydrogens (tertiary/aromatic N) is 3. The predicted molar refractivity (Wildman–Crippen MR) is 58.4 cm³/mol. The number of aromatic nitrogens is 3. The molecule has 0 aromatic carbocycles. The van der Waals surface area contributed by atoms with Gasteiger partial charge in [0.2, 0.25) is 5.91 Å². The van der Waals surface area contributed by atoms with Crippen LogP contribution >= 0.6 is 11.3 Å². The Bertz CT molecular complexity index is 491. The first-order chi connectivity index (χ1) is 7.78. The summed E-state index contributed by atoms with van der Waals surface area (Å²) < 4.78 is 1.40. The van der Waals surface area contributed by atoms with Crippen LogP contribution in [0.15, 0.2) is 23.8 Å². The van der Waals surface area contributed by atoms with Crippen LogP contribution in [0.5, 0.6) is 0 Å². The van der Waals surface area contributed by atoms with E-state index in [2.05, 4.69) is 15.4 Å². The molecule has 0 unspecified atom stereocenters. The lowest BCUT2D eigenvalue weighted by Crippen LogP contribution is -2.19. The first kappa shape index (κ1) is 10.5. The second kappa shape index (κ2) is 4.67. The van der Waals surface area contributed by atoms with Crippen molar-refractivity contribution in [2.45, 2.75) is 6.54 Å². The number of aldehydes is 1. The smallest absolute Gasteiger partial charge is 0.247 e. The van der Waals surface area contributed by atoms with Crippen molar-refractivity contribution in [1.82, 2.24) is 14.8 Å². The Labute approximate surface area is 94.9 Å². The third kappa shape index (κ3) is 2.51. The van der Waals surface area contributed by atoms with Crippen molar-refractivity contribution in [3.63, 3.8) is 0 Å². The van der Waals surface area contributed by atoms with E-state index in [1.54, 1.807) is 23.8 Å². The fraction of sp³-hybridized carbons (Fsp3) is 0.111. The normalized spacial score (nSPS) is 10.0. The Kier molecular flexibility index (Phi) is 3.06. The zero-order valence-corrected chi connectivity index (χ0v) is 8.98. The average molecular weight is 236 g/mol. The van der Waals surface area contributed by atoms with Gasteiger partial charge in [-0.2, -0.15) is 5.10 Å². The minimum atomic E-state index is -0.226. The third-order valence-corrected chi connectivity index (χ3v) is 2.45. The highest BCUT2D eigenvalue weighted by molar-refractivity contribution is 7.13. The van der Waals surface area contributed by atoms with Crippen LogP contribution in [-0.2, 0) is 11.3 Å². The van der Waals surface area contributed by atoms with E-state index < -0.39 is 0 Å². The van der Waals surface area contributed by atoms with Gasteiger partial charge in [0.1, 0.15) is 12.2 Å². The minimum Gasteiger partial charge on any atom is -0.300 e. The predicted octanol–water partition coefficient (Wildman–Crippen LogP) is 0.791. The molecule has 1 N–H and O–H groups in total. The van der Waals surface area contributed by atoms with Crippen LogP contribution in [0.2, 0.25) is 0 Å². The SMILES string of the molecule is O=Cc1ccn(CC(=O)Nc2nccs2)n1. The molecule has 7 heteroatoms. The van der Waals surface area contributed by atoms with Gasteiger partial charge in [0.25, 0.3) is 0 Å². The third-order valence-electron chi connectivity index (χ3n) is 1.77. The van der Waals surface area contributed by atoms with Crippen molar-refractivity contribution >= 4 is 28.7 Å². The summed E-state index contributed by atoms with van der Waals surface area (Å²) in [6.07, 6.45) is 3.82. The Morgan fingerprint density at radius 2 is 2.50 bits per heavy atom. The Hall–Kier alpha value is -2.02. The maximum absolute atomic E-state index is 11.5. The summed E-state index contributed by atoms with van der Waals surface area (Å²) >= 11 is 1.34. The Balaban J connectivity index is 1.94. The van der Waals surface area contributed by atoms with Crippen molar-refractivity contribution in [1.29, 1.82) is 0 Å². The molecule has 2 aromatic rings. The number of amides is 1. The fourth-order valence-corrected chi connectivity index (χ4v) is 1.66. The van der Waals surface area contributed by atoms with Gasteiger partial charge in [-0.25, -0.2) is 4.98 Å². The van der Waals surface area contributed by atoms with Crippen LogP contribution in [0, 0.1) is 0 Å². The molecule has 0 aliphatic heterocycles. The maximum Gasteiger partial charge on any atom is 0.247 e. The molecule has 0 fully saturated rings. The monoisotopic (exact) mass is 236 g/mol. The second-order valence-electron chi connectivity index (χ2n) is 2.94. The average Bonchev–Trinajstić information content (AvgIpc) is 2.89. The van der Waals surface area contributed by atoms with Crippen LogP contribution in [0.4, 0.5) is 5.13 Å². The first-order valence-corrected chi connectivity index (χ1v) is 5.34. The highest BCUT2D eigenvalue weighted by Crippen LogP contribution is 2.09. The lowest BCUT2D eigenvalue weighted by molar-refractivity contribution is -0.116. The molecule has 1 amide bonds. The zero-order valence-electron chi connectivity index (χ0n) is 8.16. The second-order valence-corrected chi connectivity index (χ2v) is 3.84. The van der Waals surface area contributed by atoms with Gasteiger partial charge in [-0.3, -0.25) is 14.3 Å². The van der Waals surface area contributed by atoms with Gasteiger partial charge in [0, 0.05) is 17.8 Å². The Morgan fingerprint density at radius 1 is 1.62 bits per heavy atom. The fourth-order valence-electron chi connectivity index (χ4n) is 1.12. The zero-order chi connectivity index (χ0) is 11.4. The van der Waals surface area contributed by atoms with Crippen LogP contribution in [-0.4, -0.2) is 27.0 Å². The quantitative estimate of drug-likeness (QED) is 0.796. The molecular formula is C9H8N4O2S. The molecule has 2 aromatic heterocycles. The highest BCUT2D eigenvalue weighted by Gasteiger charge is 2.06. The van der Waals surface area contributed by atoms with E-state index in [1.165, 1.54) is 16.0 Å². The molecule has 82 valence electrons. The number of hydrogen-bond donors (Lipinski definition) is 1. The van der Waals surface area contributed by atoms with E-state index in [1.807, 2.05) is 0 Å². The van der Waals surface area contributed by atoms with E-state index in [0.29, 0.717) is 17.1 Å². The van der Waals surface area contributed by atoms with E-state index >= 15 is 0 Å². The molecule has 0 spiro atoms. The largest absolute Gasteiger partial charge is 0.300 e. The summed E-state index contributed by atoms with van der Waals surface area (Å²) in [5.41, 5.74) is 0.307. The molecule has 16 heavy (non-hydrogen) atoms. The van der Waals surface area contributed by atoms with Gasteiger partial charge in [0.15, 0.2) is 11.4 Å². The van der Waals surface area contributed by atoms with Crippen LogP contribution in [0.1, 0.15) is 10.5 Å². The topological polar surface area (TPSA) is 76.9 Å². The van der Waals surface area contributed by atoms with Gasteiger partial charge < -0.3 is 5.32 Å². The number of thiazole rings is 1. The van der Waals surface area contributed by atoms with Crippen molar-refractivity contribution in [3.8, 4) is 0 Å². The number of carbonyl (C=O) groups excluding carboxylic acids is 2. The van der Waals surface area contributed by atoms with E-state index in [9.17, 15) is 9.59 Å². The van der Waals surface area contributed by atoms with Gasteiger partial charge in [0.05, 0.1) is 0 Å². The molecule has 0 atom stereocenters. The number of hydrogen-bond acceptors (Lipinski definition) is 5. The van der Waals surface area contributed by atoms with Gasteiger partial charge in [-0.15, -0.1) is 11.3 Å². The standard InChI is InChI=1S/C9H8N4O2S/c14-6-7-1-3-13(12-7)5-8(15)11-9-10-2-4-16-9/h1-4,6H,5H2,(H,10,11,15). The number of carbonyl (C=O) groups is 2. The molecule has 0 bridgehead atoms. The molecule has 0 aliphatic rings. The van der Waals surface area contributed by atoms with E-state index in [4.69, 9.17) is 0 Å². The molecular weight excluding hydrogens is 228 g/mol. The number of anilines is 1. The van der Waals surface area contributed by atoms with Crippen molar-refractivity contribution < 1.29 is 9.59 Å². The molecule has 0 aliphatic carbocycles. The summed E-state index contributed by atoms with van der Waals surface area (Å²) in [5.74, 6) is -0.226. The van der Waals surface area contributed by atoms with Gasteiger partial charge in [-0.1, -0.05) is 0 Å². The maximum atomic E-state index is 11.5. The Morgan fingerprint density at radius 3 is 3.12 bits per heavy atom. The molecule has 6 nitrogen and oxygen atoms in total. The summed E-state index contributed by atoms with van der Waals surface area (Å²) in [4.78, 5) is 25.8. The lowest BCUT2D eigenvalue weighted by atomic mass is 10.5. The number of nitrogens with one attached hydrogen (secondary N) is 1. The summed E-state index contributed by atoms with van der Waals surface area (Å²) in [6.45, 7) is 0.0629. The first-order valence-electron chi connectivity index (χ1n) is 4.46. The van der Waals surface area contributed by atoms with Crippen molar-refractivity contribution in [2.24, 2.45) is 0 Å². The van der Waals surface area contributed by atoms with Gasteiger partial charge >= 0.3 is 0 Å². The van der Waals surface area contributed by atoms with Crippen LogP contribution in [0.25, 0.3) is 0 Å². The lowest BCUT2D eigenvalue weighted by Gasteiger charge is -2.01. The van der Waals surface area contributed by atoms with E-state index in [0.717, 1.165) is 0 Å². The van der Waals surface area contributed by atoms with Crippen LogP contribution in [0.3, 0.4) is 0 Å². The highest BCUT2D eigenvalue weighted by atomic mass is 32.1. The summed E-state index contributed by atoms with van der Waals surface area (Å²) in [5, 5.41) is 8.81. The molecule has 2 heterocycles. The van der Waals surface area contributed by atoms with Crippen LogP contribution < -0.4 is 5.32 Å². The van der Waals surface area contributed by atoms with Crippen molar-refractivity contribution in [2.75, 3.05) is 5.32 Å². The van der Waals surface area contributed by atoms with E-state index in [-0.39, 0.29) is 12.5 Å². The minimum absolute atomic E-state index is 0.0629. The summed E-state index contributed by atoms with van der Waals surface area (Å²) in [7, 11) is 0. The summed E-state index contributed by atoms with van der Waals surface area (Å²) in [6, 6.07) is 1.55. The molecule has 0 radical (unpaired) electrons. The van der Waals surface area contributed by atoms with Crippen molar-refractivity contribution in [3.05, 3.63) is 29.5 Å². The number of rotatable bonds is 4. The molecule has 0 saturated heterocycles.